The first-order valence-corrected chi connectivity index (χ1v) is 9.45. The van der Waals surface area contributed by atoms with Crippen LogP contribution in [0.15, 0.2) is 70.4 Å². The highest BCUT2D eigenvalue weighted by Gasteiger charge is 2.21. The average molecular weight is 412 g/mol. The van der Waals surface area contributed by atoms with Gasteiger partial charge in [0.2, 0.25) is 5.13 Å². The highest BCUT2D eigenvalue weighted by Crippen LogP contribution is 2.32. The molecule has 0 atom stereocenters. The molecule has 28 heavy (non-hydrogen) atoms. The maximum atomic E-state index is 13.1. The van der Waals surface area contributed by atoms with Gasteiger partial charge in [0, 0.05) is 10.6 Å². The number of carbonyl (C=O) groups is 1. The minimum Gasteiger partial charge on any atom is -0.497 e. The SMILES string of the molecule is COc1ccc2nc(N(/N=C/c3ccco3)C(=O)c3cccc(Cl)c3)sc2c1. The maximum Gasteiger partial charge on any atom is 0.280 e. The monoisotopic (exact) mass is 411 g/mol. The zero-order valence-corrected chi connectivity index (χ0v) is 16.3. The standard InChI is InChI=1S/C20H14ClN3O3S/c1-26-15-7-8-17-18(11-15)28-20(23-17)24(22-12-16-6-3-9-27-16)19(25)13-4-2-5-14(21)10-13/h2-12H,1H3/b22-12+. The van der Waals surface area contributed by atoms with E-state index in [0.29, 0.717) is 21.5 Å². The van der Waals surface area contributed by atoms with Crippen molar-refractivity contribution in [2.45, 2.75) is 0 Å². The van der Waals surface area contributed by atoms with Crippen molar-refractivity contribution in [3.63, 3.8) is 0 Å². The summed E-state index contributed by atoms with van der Waals surface area (Å²) < 4.78 is 11.4. The summed E-state index contributed by atoms with van der Waals surface area (Å²) in [5.41, 5.74) is 1.15. The van der Waals surface area contributed by atoms with E-state index < -0.39 is 0 Å². The van der Waals surface area contributed by atoms with Gasteiger partial charge < -0.3 is 9.15 Å². The van der Waals surface area contributed by atoms with Crippen molar-refractivity contribution in [1.29, 1.82) is 0 Å². The summed E-state index contributed by atoms with van der Waals surface area (Å²) in [5, 5.41) is 6.45. The predicted octanol–water partition coefficient (Wildman–Crippen LogP) is 5.23. The third-order valence-electron chi connectivity index (χ3n) is 3.87. The predicted molar refractivity (Wildman–Crippen MR) is 111 cm³/mol. The molecule has 8 heteroatoms. The van der Waals surface area contributed by atoms with Crippen LogP contribution in [0.2, 0.25) is 5.02 Å². The Morgan fingerprint density at radius 1 is 1.25 bits per heavy atom. The van der Waals surface area contributed by atoms with Crippen molar-refractivity contribution in [2.24, 2.45) is 5.10 Å². The molecule has 0 fully saturated rings. The molecule has 0 aliphatic heterocycles. The second kappa shape index (κ2) is 7.84. The number of fused-ring (bicyclic) bond motifs is 1. The second-order valence-corrected chi connectivity index (χ2v) is 7.16. The van der Waals surface area contributed by atoms with Crippen LogP contribution in [0.4, 0.5) is 5.13 Å². The Bertz CT molecular complexity index is 1150. The van der Waals surface area contributed by atoms with E-state index in [9.17, 15) is 4.79 Å². The van der Waals surface area contributed by atoms with E-state index in [1.807, 2.05) is 18.2 Å². The summed E-state index contributed by atoms with van der Waals surface area (Å²) in [6.45, 7) is 0. The number of thiazole rings is 1. The number of hydrogen-bond acceptors (Lipinski definition) is 6. The fraction of sp³-hybridized carbons (Fsp3) is 0.0500. The number of halogens is 1. The summed E-state index contributed by atoms with van der Waals surface area (Å²) in [5.74, 6) is 0.887. The van der Waals surface area contributed by atoms with Gasteiger partial charge in [0.25, 0.3) is 5.91 Å². The molecule has 0 N–H and O–H groups in total. The third-order valence-corrected chi connectivity index (χ3v) is 5.10. The number of carbonyl (C=O) groups excluding carboxylic acids is 1. The summed E-state index contributed by atoms with van der Waals surface area (Å²) in [4.78, 5) is 17.7. The molecular weight excluding hydrogens is 398 g/mol. The summed E-state index contributed by atoms with van der Waals surface area (Å²) in [6.07, 6.45) is 3.00. The van der Waals surface area contributed by atoms with Crippen LogP contribution >= 0.6 is 22.9 Å². The molecule has 0 radical (unpaired) electrons. The van der Waals surface area contributed by atoms with Crippen LogP contribution in [-0.2, 0) is 0 Å². The number of methoxy groups -OCH3 is 1. The van der Waals surface area contributed by atoms with Gasteiger partial charge >= 0.3 is 0 Å². The van der Waals surface area contributed by atoms with E-state index in [1.165, 1.54) is 28.8 Å². The molecule has 0 saturated carbocycles. The highest BCUT2D eigenvalue weighted by atomic mass is 35.5. The first kappa shape index (κ1) is 18.2. The minimum absolute atomic E-state index is 0.351. The molecule has 6 nitrogen and oxygen atoms in total. The van der Waals surface area contributed by atoms with E-state index in [1.54, 1.807) is 43.5 Å². The molecule has 0 aliphatic carbocycles. The number of nitrogens with zero attached hydrogens (tertiary/aromatic N) is 3. The zero-order valence-electron chi connectivity index (χ0n) is 14.7. The van der Waals surface area contributed by atoms with Gasteiger partial charge in [-0.15, -0.1) is 0 Å². The van der Waals surface area contributed by atoms with Crippen LogP contribution in [0.25, 0.3) is 10.2 Å². The molecule has 2 heterocycles. The van der Waals surface area contributed by atoms with Crippen molar-refractivity contribution >= 4 is 50.4 Å². The van der Waals surface area contributed by atoms with Crippen molar-refractivity contribution in [3.8, 4) is 5.75 Å². The molecule has 0 bridgehead atoms. The average Bonchev–Trinajstić information content (AvgIpc) is 3.37. The van der Waals surface area contributed by atoms with Crippen LogP contribution in [0.3, 0.4) is 0 Å². The fourth-order valence-corrected chi connectivity index (χ4v) is 3.66. The van der Waals surface area contributed by atoms with Crippen LogP contribution in [0.5, 0.6) is 5.75 Å². The Labute approximate surface area is 169 Å². The van der Waals surface area contributed by atoms with Gasteiger partial charge in [0.05, 0.1) is 29.8 Å². The molecule has 140 valence electrons. The van der Waals surface area contributed by atoms with Crippen LogP contribution < -0.4 is 9.75 Å². The Kier molecular flexibility index (Phi) is 5.10. The van der Waals surface area contributed by atoms with Crippen molar-refractivity contribution in [1.82, 2.24) is 4.98 Å². The van der Waals surface area contributed by atoms with E-state index in [2.05, 4.69) is 10.1 Å². The number of anilines is 1. The largest absolute Gasteiger partial charge is 0.497 e. The van der Waals surface area contributed by atoms with Crippen LogP contribution in [0.1, 0.15) is 16.1 Å². The Morgan fingerprint density at radius 2 is 2.14 bits per heavy atom. The molecule has 0 saturated heterocycles. The Morgan fingerprint density at radius 3 is 2.89 bits per heavy atom. The molecule has 2 aromatic carbocycles. The Balaban J connectivity index is 1.77. The molecule has 1 amide bonds. The fourth-order valence-electron chi connectivity index (χ4n) is 2.52. The third kappa shape index (κ3) is 3.76. The van der Waals surface area contributed by atoms with Gasteiger partial charge in [0.15, 0.2) is 0 Å². The second-order valence-electron chi connectivity index (χ2n) is 5.72. The van der Waals surface area contributed by atoms with Gasteiger partial charge in [-0.05, 0) is 48.5 Å². The van der Waals surface area contributed by atoms with Gasteiger partial charge in [0.1, 0.15) is 11.5 Å². The van der Waals surface area contributed by atoms with E-state index in [4.69, 9.17) is 20.8 Å². The number of hydrogen-bond donors (Lipinski definition) is 0. The topological polar surface area (TPSA) is 67.9 Å². The number of aromatic nitrogens is 1. The van der Waals surface area contributed by atoms with Gasteiger partial charge in [-0.25, -0.2) is 4.98 Å². The molecule has 0 spiro atoms. The number of amides is 1. The summed E-state index contributed by atoms with van der Waals surface area (Å²) >= 11 is 7.38. The van der Waals surface area contributed by atoms with E-state index >= 15 is 0 Å². The minimum atomic E-state index is -0.351. The number of benzene rings is 2. The quantitative estimate of drug-likeness (QED) is 0.333. The lowest BCUT2D eigenvalue weighted by atomic mass is 10.2. The van der Waals surface area contributed by atoms with Crippen molar-refractivity contribution in [3.05, 3.63) is 77.2 Å². The molecule has 4 aromatic rings. The first-order valence-electron chi connectivity index (χ1n) is 8.26. The van der Waals surface area contributed by atoms with Gasteiger partial charge in [-0.2, -0.15) is 10.1 Å². The van der Waals surface area contributed by atoms with Crippen LogP contribution in [0, 0.1) is 0 Å². The van der Waals surface area contributed by atoms with Gasteiger partial charge in [-0.3, -0.25) is 4.79 Å². The van der Waals surface area contributed by atoms with E-state index in [0.717, 1.165) is 16.0 Å². The normalized spacial score (nSPS) is 11.2. The molecule has 0 aliphatic rings. The Hall–Kier alpha value is -3.16. The number of furan rings is 1. The summed E-state index contributed by atoms with van der Waals surface area (Å²) in [6, 6.07) is 15.7. The number of hydrazone groups is 1. The van der Waals surface area contributed by atoms with Crippen molar-refractivity contribution < 1.29 is 13.9 Å². The van der Waals surface area contributed by atoms with Crippen LogP contribution in [-0.4, -0.2) is 24.2 Å². The first-order chi connectivity index (χ1) is 13.6. The zero-order chi connectivity index (χ0) is 19.5. The molecular formula is C20H14ClN3O3S. The number of rotatable bonds is 5. The molecule has 0 unspecified atom stereocenters. The molecule has 2 aromatic heterocycles. The van der Waals surface area contributed by atoms with Gasteiger partial charge in [-0.1, -0.05) is 29.0 Å². The molecule has 4 rings (SSSR count). The van der Waals surface area contributed by atoms with E-state index in [-0.39, 0.29) is 5.91 Å². The lowest BCUT2D eigenvalue weighted by Crippen LogP contribution is -2.25. The van der Waals surface area contributed by atoms with Crippen molar-refractivity contribution in [2.75, 3.05) is 12.1 Å². The summed E-state index contributed by atoms with van der Waals surface area (Å²) in [7, 11) is 1.60. The lowest BCUT2D eigenvalue weighted by Gasteiger charge is -2.13. The smallest absolute Gasteiger partial charge is 0.280 e. The maximum absolute atomic E-state index is 13.1. The number of ether oxygens (including phenoxy) is 1. The highest BCUT2D eigenvalue weighted by molar-refractivity contribution is 7.22. The lowest BCUT2D eigenvalue weighted by molar-refractivity contribution is 0.0988.